The minimum absolute atomic E-state index is 0. The Labute approximate surface area is 140 Å². The molecule has 2 aromatic carbocycles. The molecule has 0 atom stereocenters. The number of carbonyl (C=O) groups excluding carboxylic acids is 1. The van der Waals surface area contributed by atoms with E-state index in [9.17, 15) is 9.90 Å². The molecule has 96 valence electrons. The van der Waals surface area contributed by atoms with E-state index in [1.807, 2.05) is 48.5 Å². The molecule has 0 saturated carbocycles. The van der Waals surface area contributed by atoms with Crippen LogP contribution in [0.5, 0.6) is 5.75 Å². The van der Waals surface area contributed by atoms with E-state index in [4.69, 9.17) is 4.74 Å². The quantitative estimate of drug-likeness (QED) is 0.525. The third kappa shape index (κ3) is 3.97. The average Bonchev–Trinajstić information content (AvgIpc) is 2.45. The van der Waals surface area contributed by atoms with Crippen molar-refractivity contribution in [3.05, 3.63) is 71.8 Å². The maximum absolute atomic E-state index is 10.9. The van der Waals surface area contributed by atoms with Gasteiger partial charge in [-0.25, -0.2) is 0 Å². The standard InChI is InChI=1S/C16H14O3.Na/c1-19-15-10-6-5-9-13(15)14(11-16(17)18)12-7-3-2-4-8-12;/h2-11H,1H3,(H,17,18);/q;+1/p-1. The summed E-state index contributed by atoms with van der Waals surface area (Å²) >= 11 is 0. The SMILES string of the molecule is COc1ccccc1C(=CC(=O)[O-])c1ccccc1.[Na+]. The van der Waals surface area contributed by atoms with E-state index in [1.54, 1.807) is 13.2 Å². The second-order valence-corrected chi connectivity index (χ2v) is 3.94. The summed E-state index contributed by atoms with van der Waals surface area (Å²) in [5, 5.41) is 10.9. The van der Waals surface area contributed by atoms with Crippen LogP contribution in [0.1, 0.15) is 11.1 Å². The summed E-state index contributed by atoms with van der Waals surface area (Å²) in [6.07, 6.45) is 1.09. The fourth-order valence-corrected chi connectivity index (χ4v) is 1.92. The molecule has 2 aromatic rings. The Bertz CT molecular complexity index is 606. The number of hydrogen-bond acceptors (Lipinski definition) is 3. The number of methoxy groups -OCH3 is 1. The first kappa shape index (κ1) is 16.5. The van der Waals surface area contributed by atoms with Gasteiger partial charge in [-0.3, -0.25) is 0 Å². The zero-order valence-corrected chi connectivity index (χ0v) is 13.5. The molecule has 3 nitrogen and oxygen atoms in total. The molecule has 0 saturated heterocycles. The first-order chi connectivity index (χ1) is 9.22. The van der Waals surface area contributed by atoms with Gasteiger partial charge in [0.1, 0.15) is 5.75 Å². The van der Waals surface area contributed by atoms with Crippen molar-refractivity contribution in [1.29, 1.82) is 0 Å². The van der Waals surface area contributed by atoms with E-state index in [0.717, 1.165) is 17.2 Å². The number of hydrogen-bond donors (Lipinski definition) is 0. The number of benzene rings is 2. The summed E-state index contributed by atoms with van der Waals surface area (Å²) in [5.74, 6) is -0.608. The van der Waals surface area contributed by atoms with Gasteiger partial charge in [0.25, 0.3) is 0 Å². The van der Waals surface area contributed by atoms with Crippen molar-refractivity contribution in [2.75, 3.05) is 7.11 Å². The van der Waals surface area contributed by atoms with Gasteiger partial charge < -0.3 is 14.6 Å². The molecular formula is C16H13NaO3. The zero-order chi connectivity index (χ0) is 13.7. The molecule has 0 aliphatic heterocycles. The second kappa shape index (κ2) is 7.90. The van der Waals surface area contributed by atoms with Gasteiger partial charge in [0.15, 0.2) is 0 Å². The van der Waals surface area contributed by atoms with Gasteiger partial charge in [0.05, 0.1) is 13.1 Å². The zero-order valence-electron chi connectivity index (χ0n) is 11.5. The van der Waals surface area contributed by atoms with Gasteiger partial charge >= 0.3 is 29.6 Å². The van der Waals surface area contributed by atoms with Crippen LogP contribution in [0.15, 0.2) is 60.7 Å². The summed E-state index contributed by atoms with van der Waals surface area (Å²) in [4.78, 5) is 10.9. The van der Waals surface area contributed by atoms with Gasteiger partial charge in [0.2, 0.25) is 0 Å². The number of carbonyl (C=O) groups is 1. The van der Waals surface area contributed by atoms with Gasteiger partial charge in [-0.05, 0) is 23.3 Å². The second-order valence-electron chi connectivity index (χ2n) is 3.94. The summed E-state index contributed by atoms with van der Waals surface area (Å²) < 4.78 is 5.28. The molecule has 20 heavy (non-hydrogen) atoms. The van der Waals surface area contributed by atoms with Crippen LogP contribution >= 0.6 is 0 Å². The Balaban J connectivity index is 0.00000200. The van der Waals surface area contributed by atoms with Crippen molar-refractivity contribution in [2.24, 2.45) is 0 Å². The molecule has 0 spiro atoms. The van der Waals surface area contributed by atoms with Crippen LogP contribution in [0.4, 0.5) is 0 Å². The molecule has 4 heteroatoms. The topological polar surface area (TPSA) is 49.4 Å². The van der Waals surface area contributed by atoms with Crippen molar-refractivity contribution in [3.8, 4) is 5.75 Å². The largest absolute Gasteiger partial charge is 1.00 e. The average molecular weight is 276 g/mol. The van der Waals surface area contributed by atoms with Crippen molar-refractivity contribution in [3.63, 3.8) is 0 Å². The molecule has 0 aliphatic rings. The number of carboxylic acid groups (broad SMARTS) is 1. The monoisotopic (exact) mass is 276 g/mol. The van der Waals surface area contributed by atoms with Gasteiger partial charge in [-0.1, -0.05) is 48.5 Å². The van der Waals surface area contributed by atoms with Gasteiger partial charge in [-0.2, -0.15) is 0 Å². The molecule has 0 heterocycles. The van der Waals surface area contributed by atoms with Crippen LogP contribution in [0, 0.1) is 0 Å². The molecule has 0 fully saturated rings. The first-order valence-corrected chi connectivity index (χ1v) is 5.84. The van der Waals surface area contributed by atoms with E-state index in [2.05, 4.69) is 0 Å². The Hall–Kier alpha value is -1.55. The molecule has 0 bridgehead atoms. The molecule has 0 aliphatic carbocycles. The summed E-state index contributed by atoms with van der Waals surface area (Å²) in [5.41, 5.74) is 2.09. The first-order valence-electron chi connectivity index (χ1n) is 5.84. The smallest absolute Gasteiger partial charge is 0.545 e. The van der Waals surface area contributed by atoms with Gasteiger partial charge in [-0.15, -0.1) is 0 Å². The molecule has 0 aromatic heterocycles. The number of para-hydroxylation sites is 1. The molecule has 0 radical (unpaired) electrons. The number of ether oxygens (including phenoxy) is 1. The van der Waals surface area contributed by atoms with Crippen molar-refractivity contribution in [1.82, 2.24) is 0 Å². The van der Waals surface area contributed by atoms with Crippen molar-refractivity contribution < 1.29 is 44.2 Å². The minimum Gasteiger partial charge on any atom is -0.545 e. The third-order valence-corrected chi connectivity index (χ3v) is 2.74. The van der Waals surface area contributed by atoms with Crippen LogP contribution in [-0.4, -0.2) is 13.1 Å². The van der Waals surface area contributed by atoms with Crippen LogP contribution in [-0.2, 0) is 4.79 Å². The van der Waals surface area contributed by atoms with Crippen LogP contribution in [0.2, 0.25) is 0 Å². The molecule has 2 rings (SSSR count). The number of aliphatic carboxylic acids is 1. The van der Waals surface area contributed by atoms with Gasteiger partial charge in [0, 0.05) is 5.56 Å². The van der Waals surface area contributed by atoms with Crippen molar-refractivity contribution in [2.45, 2.75) is 0 Å². The minimum atomic E-state index is -1.23. The predicted octanol–water partition coefficient (Wildman–Crippen LogP) is -1.12. The molecule has 0 unspecified atom stereocenters. The summed E-state index contributed by atoms with van der Waals surface area (Å²) in [7, 11) is 1.56. The fraction of sp³-hybridized carbons (Fsp3) is 0.0625. The van der Waals surface area contributed by atoms with Crippen LogP contribution in [0.3, 0.4) is 0 Å². The van der Waals surface area contributed by atoms with Crippen LogP contribution < -0.4 is 39.4 Å². The molecule has 0 amide bonds. The van der Waals surface area contributed by atoms with Crippen LogP contribution in [0.25, 0.3) is 5.57 Å². The van der Waals surface area contributed by atoms with Crippen molar-refractivity contribution >= 4 is 11.5 Å². The normalized spacial score (nSPS) is 10.6. The molecular weight excluding hydrogens is 263 g/mol. The summed E-state index contributed by atoms with van der Waals surface area (Å²) in [6.45, 7) is 0. The maximum atomic E-state index is 10.9. The van der Waals surface area contributed by atoms with E-state index in [1.165, 1.54) is 0 Å². The Kier molecular flexibility index (Phi) is 6.52. The fourth-order valence-electron chi connectivity index (χ4n) is 1.92. The Morgan fingerprint density at radius 1 is 1.05 bits per heavy atom. The number of carboxylic acids is 1. The molecule has 0 N–H and O–H groups in total. The predicted molar refractivity (Wildman–Crippen MR) is 71.5 cm³/mol. The summed E-state index contributed by atoms with van der Waals surface area (Å²) in [6, 6.07) is 16.6. The van der Waals surface area contributed by atoms with E-state index < -0.39 is 5.97 Å². The van der Waals surface area contributed by atoms with E-state index in [0.29, 0.717) is 11.3 Å². The number of rotatable bonds is 4. The van der Waals surface area contributed by atoms with E-state index in [-0.39, 0.29) is 29.6 Å². The maximum Gasteiger partial charge on any atom is 1.00 e. The van der Waals surface area contributed by atoms with E-state index >= 15 is 0 Å². The Morgan fingerprint density at radius 3 is 2.25 bits per heavy atom. The Morgan fingerprint density at radius 2 is 1.65 bits per heavy atom. The third-order valence-electron chi connectivity index (χ3n) is 2.74.